The first-order valence-corrected chi connectivity index (χ1v) is 4.93. The minimum Gasteiger partial charge on any atom is -0.479 e. The number of rotatable bonds is 4. The number of aliphatic hydroxyl groups excluding tert-OH is 1. The zero-order valence-corrected chi connectivity index (χ0v) is 9.54. The Morgan fingerprint density at radius 1 is 1.29 bits per heavy atom. The number of alkyl halides is 2. The fourth-order valence-electron chi connectivity index (χ4n) is 1.09. The van der Waals surface area contributed by atoms with Crippen molar-refractivity contribution < 1.29 is 28.5 Å². The van der Waals surface area contributed by atoms with Gasteiger partial charge in [0.15, 0.2) is 6.10 Å². The summed E-state index contributed by atoms with van der Waals surface area (Å²) in [5.74, 6) is -2.16. The van der Waals surface area contributed by atoms with Crippen molar-refractivity contribution in [3.8, 4) is 5.75 Å². The van der Waals surface area contributed by atoms with Crippen LogP contribution in [-0.4, -0.2) is 22.8 Å². The van der Waals surface area contributed by atoms with E-state index in [1.54, 1.807) is 0 Å². The molecule has 1 atom stereocenters. The van der Waals surface area contributed by atoms with Crippen molar-refractivity contribution in [2.75, 3.05) is 0 Å². The van der Waals surface area contributed by atoms with E-state index in [1.807, 2.05) is 0 Å². The van der Waals surface area contributed by atoms with Crippen molar-refractivity contribution in [3.63, 3.8) is 0 Å². The van der Waals surface area contributed by atoms with Crippen molar-refractivity contribution in [3.05, 3.63) is 27.7 Å². The number of hydrogen-bond donors (Lipinski definition) is 2. The van der Waals surface area contributed by atoms with Gasteiger partial charge in [0.1, 0.15) is 5.75 Å². The zero-order valence-electron chi connectivity index (χ0n) is 8.03. The summed E-state index contributed by atoms with van der Waals surface area (Å²) in [5, 5.41) is 17.7. The van der Waals surface area contributed by atoms with Crippen LogP contribution in [0, 0.1) is 0 Å². The summed E-state index contributed by atoms with van der Waals surface area (Å²) in [6.45, 7) is -3.17. The standard InChI is InChI=1S/C9H6Cl2F2O4/c10-4-1-3(7(14)8(15)16)6(2-5(4)11)17-9(12)13/h1-2,7,9,14H,(H,15,16)/t7-/m0/s1. The molecule has 0 unspecified atom stereocenters. The fraction of sp³-hybridized carbons (Fsp3) is 0.222. The van der Waals surface area contributed by atoms with Crippen molar-refractivity contribution >= 4 is 29.2 Å². The number of carboxylic acid groups (broad SMARTS) is 1. The maximum atomic E-state index is 12.1. The molecule has 17 heavy (non-hydrogen) atoms. The van der Waals surface area contributed by atoms with E-state index in [-0.39, 0.29) is 10.0 Å². The van der Waals surface area contributed by atoms with Gasteiger partial charge in [0, 0.05) is 11.6 Å². The lowest BCUT2D eigenvalue weighted by molar-refractivity contribution is -0.147. The third-order valence-electron chi connectivity index (χ3n) is 1.80. The zero-order chi connectivity index (χ0) is 13.2. The molecule has 0 saturated carbocycles. The van der Waals surface area contributed by atoms with E-state index in [0.717, 1.165) is 12.1 Å². The maximum Gasteiger partial charge on any atom is 0.387 e. The number of aliphatic carboxylic acids is 1. The van der Waals surface area contributed by atoms with Crippen LogP contribution in [0.3, 0.4) is 0 Å². The minimum atomic E-state index is -3.17. The van der Waals surface area contributed by atoms with Crippen molar-refractivity contribution in [1.29, 1.82) is 0 Å². The van der Waals surface area contributed by atoms with Gasteiger partial charge in [-0.1, -0.05) is 23.2 Å². The van der Waals surface area contributed by atoms with Gasteiger partial charge >= 0.3 is 12.6 Å². The molecule has 0 fully saturated rings. The molecule has 0 heterocycles. The van der Waals surface area contributed by atoms with Crippen molar-refractivity contribution in [2.45, 2.75) is 12.7 Å². The van der Waals surface area contributed by atoms with Crippen molar-refractivity contribution in [2.24, 2.45) is 0 Å². The minimum absolute atomic E-state index is 0.0800. The number of benzene rings is 1. The number of ether oxygens (including phenoxy) is 1. The molecule has 1 rings (SSSR count). The number of halogens is 4. The van der Waals surface area contributed by atoms with E-state index in [2.05, 4.69) is 4.74 Å². The SMILES string of the molecule is O=C(O)[C@@H](O)c1cc(Cl)c(Cl)cc1OC(F)F. The second kappa shape index (κ2) is 5.48. The van der Waals surface area contributed by atoms with Crippen LogP contribution in [0.2, 0.25) is 10.0 Å². The van der Waals surface area contributed by atoms with E-state index in [1.165, 1.54) is 0 Å². The molecule has 0 saturated heterocycles. The molecule has 8 heteroatoms. The van der Waals surface area contributed by atoms with E-state index in [9.17, 15) is 18.7 Å². The quantitative estimate of drug-likeness (QED) is 0.893. The van der Waals surface area contributed by atoms with Crippen molar-refractivity contribution in [1.82, 2.24) is 0 Å². The lowest BCUT2D eigenvalue weighted by Crippen LogP contribution is -2.13. The molecule has 1 aromatic carbocycles. The van der Waals surface area contributed by atoms with Gasteiger partial charge in [-0.3, -0.25) is 0 Å². The van der Waals surface area contributed by atoms with Crippen LogP contribution in [0.5, 0.6) is 5.75 Å². The third kappa shape index (κ3) is 3.42. The summed E-state index contributed by atoms with van der Waals surface area (Å²) in [6.07, 6.45) is -2.03. The van der Waals surface area contributed by atoms with Crippen LogP contribution in [0.1, 0.15) is 11.7 Å². The van der Waals surface area contributed by atoms with Crippen LogP contribution in [0.4, 0.5) is 8.78 Å². The predicted molar refractivity (Wildman–Crippen MR) is 55.7 cm³/mol. The van der Waals surface area contributed by atoms with Gasteiger partial charge in [0.05, 0.1) is 10.0 Å². The molecule has 0 aliphatic rings. The Morgan fingerprint density at radius 2 is 1.82 bits per heavy atom. The average Bonchev–Trinajstić information content (AvgIpc) is 2.21. The molecule has 1 aromatic rings. The van der Waals surface area contributed by atoms with Crippen LogP contribution in [0.25, 0.3) is 0 Å². The number of aliphatic hydroxyl groups is 1. The largest absolute Gasteiger partial charge is 0.479 e. The van der Waals surface area contributed by atoms with Gasteiger partial charge in [-0.15, -0.1) is 0 Å². The molecular formula is C9H6Cl2F2O4. The Kier molecular flexibility index (Phi) is 4.50. The highest BCUT2D eigenvalue weighted by Gasteiger charge is 2.23. The van der Waals surface area contributed by atoms with Crippen LogP contribution >= 0.6 is 23.2 Å². The van der Waals surface area contributed by atoms with E-state index in [0.29, 0.717) is 0 Å². The number of carbonyl (C=O) groups is 1. The molecule has 2 N–H and O–H groups in total. The third-order valence-corrected chi connectivity index (χ3v) is 2.52. The Bertz CT molecular complexity index is 439. The molecule has 0 aliphatic carbocycles. The highest BCUT2D eigenvalue weighted by atomic mass is 35.5. The maximum absolute atomic E-state index is 12.1. The number of hydrogen-bond acceptors (Lipinski definition) is 3. The van der Waals surface area contributed by atoms with Gasteiger partial charge in [-0.2, -0.15) is 8.78 Å². The molecule has 0 bridgehead atoms. The van der Waals surface area contributed by atoms with Gasteiger partial charge in [-0.25, -0.2) is 4.79 Å². The van der Waals surface area contributed by atoms with Crippen LogP contribution in [0.15, 0.2) is 12.1 Å². The Labute approximate surface area is 104 Å². The molecule has 4 nitrogen and oxygen atoms in total. The summed E-state index contributed by atoms with van der Waals surface area (Å²) in [7, 11) is 0. The highest BCUT2D eigenvalue weighted by molar-refractivity contribution is 6.42. The molecular weight excluding hydrogens is 281 g/mol. The van der Waals surface area contributed by atoms with E-state index in [4.69, 9.17) is 28.3 Å². The lowest BCUT2D eigenvalue weighted by Gasteiger charge is -2.14. The first-order valence-electron chi connectivity index (χ1n) is 4.17. The Hall–Kier alpha value is -1.11. The summed E-state index contributed by atoms with van der Waals surface area (Å²) < 4.78 is 28.2. The van der Waals surface area contributed by atoms with Gasteiger partial charge in [-0.05, 0) is 6.07 Å². The first-order chi connectivity index (χ1) is 7.82. The normalized spacial score (nSPS) is 12.6. The van der Waals surface area contributed by atoms with Gasteiger partial charge < -0.3 is 14.9 Å². The predicted octanol–water partition coefficient (Wildman–Crippen LogP) is 2.71. The summed E-state index contributed by atoms with van der Waals surface area (Å²) in [5.41, 5.74) is -0.396. The first kappa shape index (κ1) is 14.0. The van der Waals surface area contributed by atoms with Gasteiger partial charge in [0.25, 0.3) is 0 Å². The molecule has 0 aromatic heterocycles. The lowest BCUT2D eigenvalue weighted by atomic mass is 10.1. The fourth-order valence-corrected chi connectivity index (χ4v) is 1.41. The molecule has 0 amide bonds. The molecule has 94 valence electrons. The summed E-state index contributed by atoms with van der Waals surface area (Å²) in [6, 6.07) is 1.87. The van der Waals surface area contributed by atoms with Gasteiger partial charge in [0.2, 0.25) is 0 Å². The molecule has 0 aliphatic heterocycles. The van der Waals surface area contributed by atoms with E-state index >= 15 is 0 Å². The second-order valence-corrected chi connectivity index (χ2v) is 3.74. The monoisotopic (exact) mass is 286 g/mol. The van der Waals surface area contributed by atoms with E-state index < -0.39 is 30.0 Å². The molecule has 0 spiro atoms. The van der Waals surface area contributed by atoms with Crippen LogP contribution < -0.4 is 4.74 Å². The Morgan fingerprint density at radius 3 is 2.29 bits per heavy atom. The average molecular weight is 287 g/mol. The molecule has 0 radical (unpaired) electrons. The smallest absolute Gasteiger partial charge is 0.387 e. The summed E-state index contributed by atoms with van der Waals surface area (Å²) >= 11 is 11.2. The van der Waals surface area contributed by atoms with Crippen LogP contribution in [-0.2, 0) is 4.79 Å². The highest BCUT2D eigenvalue weighted by Crippen LogP contribution is 2.35. The number of carboxylic acids is 1. The summed E-state index contributed by atoms with van der Waals surface area (Å²) in [4.78, 5) is 10.6. The second-order valence-electron chi connectivity index (χ2n) is 2.92. The Balaban J connectivity index is 3.25. The topological polar surface area (TPSA) is 66.8 Å².